The highest BCUT2D eigenvalue weighted by Gasteiger charge is 2.19. The van der Waals surface area contributed by atoms with Crippen molar-refractivity contribution in [1.29, 1.82) is 0 Å². The Morgan fingerprint density at radius 1 is 0.844 bits per heavy atom. The molecule has 4 aromatic rings. The van der Waals surface area contributed by atoms with Gasteiger partial charge in [-0.15, -0.1) is 5.11 Å². The Morgan fingerprint density at radius 2 is 1.47 bits per heavy atom. The summed E-state index contributed by atoms with van der Waals surface area (Å²) < 4.78 is 8.01. The lowest BCUT2D eigenvalue weighted by Crippen LogP contribution is -2.23. The van der Waals surface area contributed by atoms with Gasteiger partial charge in [-0.2, -0.15) is 5.11 Å². The lowest BCUT2D eigenvalue weighted by atomic mass is 10.2. The fourth-order valence-corrected chi connectivity index (χ4v) is 3.54. The zero-order valence-corrected chi connectivity index (χ0v) is 18.3. The summed E-state index contributed by atoms with van der Waals surface area (Å²) in [6, 6.07) is 23.2. The van der Waals surface area contributed by atoms with Gasteiger partial charge in [0.2, 0.25) is 11.6 Å². The number of aromatic nitrogens is 2. The molecule has 0 amide bonds. The van der Waals surface area contributed by atoms with E-state index in [0.29, 0.717) is 22.8 Å². The molecule has 0 saturated heterocycles. The lowest BCUT2D eigenvalue weighted by Gasteiger charge is -2.16. The van der Waals surface area contributed by atoms with Crippen LogP contribution in [0.15, 0.2) is 93.9 Å². The lowest BCUT2D eigenvalue weighted by molar-refractivity contribution is 0.414. The van der Waals surface area contributed by atoms with Crippen molar-refractivity contribution in [3.8, 4) is 23.0 Å². The van der Waals surface area contributed by atoms with Gasteiger partial charge in [0.05, 0.1) is 24.2 Å². The molecule has 0 spiro atoms. The van der Waals surface area contributed by atoms with E-state index in [1.807, 2.05) is 25.1 Å². The van der Waals surface area contributed by atoms with Gasteiger partial charge in [-0.25, -0.2) is 0 Å². The Labute approximate surface area is 189 Å². The average molecular weight is 445 g/mol. The van der Waals surface area contributed by atoms with Gasteiger partial charge in [-0.05, 0) is 67.7 Å². The van der Waals surface area contributed by atoms with Gasteiger partial charge in [0.25, 0.3) is 5.56 Å². The van der Waals surface area contributed by atoms with Gasteiger partial charge in [0, 0.05) is 0 Å². The van der Waals surface area contributed by atoms with Crippen LogP contribution in [-0.2, 0) is 0 Å². The molecule has 0 fully saturated rings. The molecular weight excluding hydrogens is 424 g/mol. The SMILES string of the molecule is COc1ccc(-n2c(O)c(N=Nc3ccc(C)cc3)c(=O)n(-c3ccccc3)c2=S)cc1. The number of hydrogen-bond acceptors (Lipinski definition) is 6. The number of methoxy groups -OCH3 is 1. The summed E-state index contributed by atoms with van der Waals surface area (Å²) in [7, 11) is 1.57. The predicted octanol–water partition coefficient (Wildman–Crippen LogP) is 5.80. The minimum Gasteiger partial charge on any atom is -0.497 e. The minimum absolute atomic E-state index is 0.0955. The van der Waals surface area contributed by atoms with E-state index < -0.39 is 11.4 Å². The molecule has 0 aliphatic rings. The van der Waals surface area contributed by atoms with Crippen molar-refractivity contribution >= 4 is 23.6 Å². The van der Waals surface area contributed by atoms with Gasteiger partial charge in [0.15, 0.2) is 4.77 Å². The summed E-state index contributed by atoms with van der Waals surface area (Å²) in [6.07, 6.45) is 0. The number of para-hydroxylation sites is 1. The van der Waals surface area contributed by atoms with Crippen LogP contribution >= 0.6 is 12.2 Å². The minimum atomic E-state index is -0.570. The van der Waals surface area contributed by atoms with E-state index in [1.165, 1.54) is 9.13 Å². The molecule has 4 rings (SSSR count). The van der Waals surface area contributed by atoms with Crippen LogP contribution in [0.5, 0.6) is 11.6 Å². The molecule has 32 heavy (non-hydrogen) atoms. The smallest absolute Gasteiger partial charge is 0.290 e. The second kappa shape index (κ2) is 8.99. The molecule has 1 heterocycles. The normalized spacial score (nSPS) is 11.1. The highest BCUT2D eigenvalue weighted by Crippen LogP contribution is 2.29. The molecule has 0 radical (unpaired) electrons. The van der Waals surface area contributed by atoms with Gasteiger partial charge < -0.3 is 9.84 Å². The van der Waals surface area contributed by atoms with E-state index in [1.54, 1.807) is 67.8 Å². The third-order valence-corrected chi connectivity index (χ3v) is 5.22. The van der Waals surface area contributed by atoms with Crippen molar-refractivity contribution < 1.29 is 9.84 Å². The maximum atomic E-state index is 13.3. The van der Waals surface area contributed by atoms with Crippen LogP contribution in [0.4, 0.5) is 11.4 Å². The number of rotatable bonds is 5. The van der Waals surface area contributed by atoms with Crippen LogP contribution in [0, 0.1) is 11.7 Å². The standard InChI is InChI=1S/C24H20N4O3S/c1-16-8-10-17(11-9-16)25-26-21-22(29)27(18-6-4-3-5-7-18)24(32)28(23(21)30)19-12-14-20(31-2)15-13-19/h3-15,30H,1-2H3. The van der Waals surface area contributed by atoms with Crippen molar-refractivity contribution in [2.24, 2.45) is 10.2 Å². The van der Waals surface area contributed by atoms with E-state index in [9.17, 15) is 9.90 Å². The summed E-state index contributed by atoms with van der Waals surface area (Å²) in [5, 5.41) is 19.3. The molecule has 0 atom stereocenters. The molecule has 7 nitrogen and oxygen atoms in total. The number of nitrogens with zero attached hydrogens (tertiary/aromatic N) is 4. The third-order valence-electron chi connectivity index (χ3n) is 4.86. The summed E-state index contributed by atoms with van der Waals surface area (Å²) in [4.78, 5) is 13.3. The van der Waals surface area contributed by atoms with Gasteiger partial charge in [-0.1, -0.05) is 35.9 Å². The summed E-state index contributed by atoms with van der Waals surface area (Å²) >= 11 is 5.61. The van der Waals surface area contributed by atoms with Crippen LogP contribution in [0.1, 0.15) is 5.56 Å². The molecule has 0 saturated carbocycles. The molecule has 0 aliphatic carbocycles. The van der Waals surface area contributed by atoms with Crippen LogP contribution in [-0.4, -0.2) is 21.4 Å². The summed E-state index contributed by atoms with van der Waals surface area (Å²) in [5.74, 6) is 0.253. The van der Waals surface area contributed by atoms with Gasteiger partial charge in [-0.3, -0.25) is 13.9 Å². The molecular formula is C24H20N4O3S. The van der Waals surface area contributed by atoms with Crippen molar-refractivity contribution in [2.45, 2.75) is 6.92 Å². The third kappa shape index (κ3) is 4.08. The first kappa shape index (κ1) is 21.2. The van der Waals surface area contributed by atoms with Gasteiger partial charge >= 0.3 is 0 Å². The Hall–Kier alpha value is -4.04. The van der Waals surface area contributed by atoms with E-state index >= 15 is 0 Å². The summed E-state index contributed by atoms with van der Waals surface area (Å²) in [5.41, 5.74) is 1.93. The number of benzene rings is 3. The Kier molecular flexibility index (Phi) is 5.96. The molecule has 0 unspecified atom stereocenters. The van der Waals surface area contributed by atoms with Crippen LogP contribution < -0.4 is 10.3 Å². The molecule has 0 bridgehead atoms. The topological polar surface area (TPSA) is 81.1 Å². The molecule has 8 heteroatoms. The van der Waals surface area contributed by atoms with Crippen molar-refractivity contribution in [3.63, 3.8) is 0 Å². The largest absolute Gasteiger partial charge is 0.497 e. The first-order valence-electron chi connectivity index (χ1n) is 9.79. The van der Waals surface area contributed by atoms with Gasteiger partial charge in [0.1, 0.15) is 5.75 Å². The average Bonchev–Trinajstić information content (AvgIpc) is 2.81. The highest BCUT2D eigenvalue weighted by atomic mass is 32.1. The number of hydrogen-bond donors (Lipinski definition) is 1. The Morgan fingerprint density at radius 3 is 2.09 bits per heavy atom. The van der Waals surface area contributed by atoms with Crippen LogP contribution in [0.2, 0.25) is 0 Å². The zero-order valence-electron chi connectivity index (χ0n) is 17.5. The zero-order chi connectivity index (χ0) is 22.7. The molecule has 0 aliphatic heterocycles. The van der Waals surface area contributed by atoms with Crippen molar-refractivity contribution in [1.82, 2.24) is 9.13 Å². The second-order valence-electron chi connectivity index (χ2n) is 7.00. The maximum Gasteiger partial charge on any atom is 0.290 e. The quantitative estimate of drug-likeness (QED) is 0.312. The van der Waals surface area contributed by atoms with Crippen molar-refractivity contribution in [3.05, 3.63) is 99.6 Å². The fourth-order valence-electron chi connectivity index (χ4n) is 3.16. The van der Waals surface area contributed by atoms with E-state index in [2.05, 4.69) is 10.2 Å². The number of azo groups is 1. The first-order valence-corrected chi connectivity index (χ1v) is 10.2. The monoisotopic (exact) mass is 444 g/mol. The number of aromatic hydroxyl groups is 1. The van der Waals surface area contributed by atoms with E-state index in [-0.39, 0.29) is 10.5 Å². The van der Waals surface area contributed by atoms with E-state index in [4.69, 9.17) is 17.0 Å². The van der Waals surface area contributed by atoms with Crippen LogP contribution in [0.25, 0.3) is 11.4 Å². The summed E-state index contributed by atoms with van der Waals surface area (Å²) in [6.45, 7) is 1.96. The number of ether oxygens (including phenoxy) is 1. The van der Waals surface area contributed by atoms with Crippen molar-refractivity contribution in [2.75, 3.05) is 7.11 Å². The fraction of sp³-hybridized carbons (Fsp3) is 0.0833. The first-order chi connectivity index (χ1) is 15.5. The highest BCUT2D eigenvalue weighted by molar-refractivity contribution is 7.71. The Balaban J connectivity index is 1.97. The predicted molar refractivity (Wildman–Crippen MR) is 126 cm³/mol. The maximum absolute atomic E-state index is 13.3. The molecule has 3 aromatic carbocycles. The van der Waals surface area contributed by atoms with E-state index in [0.717, 1.165) is 5.56 Å². The Bertz CT molecular complexity index is 1390. The van der Waals surface area contributed by atoms with Crippen LogP contribution in [0.3, 0.4) is 0 Å². The molecule has 1 aromatic heterocycles. The molecule has 160 valence electrons. The number of aryl methyl sites for hydroxylation is 1. The second-order valence-corrected chi connectivity index (χ2v) is 7.37. The molecule has 1 N–H and O–H groups in total.